The van der Waals surface area contributed by atoms with Gasteiger partial charge >= 0.3 is 0 Å². The number of carbonyl (C=O) groups excluding carboxylic acids is 2. The fraction of sp³-hybridized carbons (Fsp3) is 0.417. The lowest BCUT2D eigenvalue weighted by atomic mass is 10.1. The van der Waals surface area contributed by atoms with E-state index in [-0.39, 0.29) is 36.7 Å². The van der Waals surface area contributed by atoms with E-state index in [2.05, 4.69) is 34.9 Å². The van der Waals surface area contributed by atoms with Crippen molar-refractivity contribution in [2.75, 3.05) is 0 Å². The zero-order valence-electron chi connectivity index (χ0n) is 17.0. The fourth-order valence-electron chi connectivity index (χ4n) is 3.12. The van der Waals surface area contributed by atoms with Crippen molar-refractivity contribution >= 4 is 11.8 Å². The Morgan fingerprint density at radius 3 is 1.39 bits per heavy atom. The van der Waals surface area contributed by atoms with E-state index in [1.54, 1.807) is 0 Å². The molecule has 2 amide bonds. The topological polar surface area (TPSA) is 58.2 Å². The molecule has 4 heteroatoms. The molecule has 0 aliphatic rings. The van der Waals surface area contributed by atoms with Crippen molar-refractivity contribution in [2.24, 2.45) is 0 Å². The maximum atomic E-state index is 12.1. The lowest BCUT2D eigenvalue weighted by Crippen LogP contribution is -2.36. The molecule has 0 heterocycles. The summed E-state index contributed by atoms with van der Waals surface area (Å²) in [5.74, 6) is -0.125. The molecule has 2 rings (SSSR count). The minimum atomic E-state index is -0.0624. The van der Waals surface area contributed by atoms with Crippen LogP contribution in [0.15, 0.2) is 60.7 Å². The third-order valence-electron chi connectivity index (χ3n) is 4.81. The minimum absolute atomic E-state index is 0.0624. The van der Waals surface area contributed by atoms with Crippen molar-refractivity contribution in [3.8, 4) is 0 Å². The Morgan fingerprint density at radius 2 is 1.04 bits per heavy atom. The summed E-state index contributed by atoms with van der Waals surface area (Å²) in [4.78, 5) is 24.1. The van der Waals surface area contributed by atoms with Crippen LogP contribution < -0.4 is 10.6 Å². The van der Waals surface area contributed by atoms with Gasteiger partial charge in [-0.3, -0.25) is 9.59 Å². The van der Waals surface area contributed by atoms with Crippen LogP contribution in [-0.4, -0.2) is 23.9 Å². The lowest BCUT2D eigenvalue weighted by molar-refractivity contribution is -0.127. The standard InChI is InChI=1S/C24H32N2O2/c1-19(13-15-21-9-5-3-6-10-21)25-23(27)17-18-24(28)26-20(2)14-16-22-11-7-4-8-12-22/h3-12,19-20H,13-18H2,1-2H3,(H,25,27)(H,26,28)/t19-,20-/m0/s1. The summed E-state index contributed by atoms with van der Waals surface area (Å²) in [6.45, 7) is 4.01. The molecular weight excluding hydrogens is 348 g/mol. The molecule has 2 N–H and O–H groups in total. The fourth-order valence-corrected chi connectivity index (χ4v) is 3.12. The summed E-state index contributed by atoms with van der Waals surface area (Å²) in [6.07, 6.45) is 4.10. The number of nitrogens with one attached hydrogen (secondary N) is 2. The molecular formula is C24H32N2O2. The van der Waals surface area contributed by atoms with Crippen LogP contribution in [0.25, 0.3) is 0 Å². The molecule has 0 unspecified atom stereocenters. The second kappa shape index (κ2) is 12.0. The summed E-state index contributed by atoms with van der Waals surface area (Å²) in [6, 6.07) is 20.7. The Balaban J connectivity index is 1.58. The first-order valence-electron chi connectivity index (χ1n) is 10.2. The van der Waals surface area contributed by atoms with Gasteiger partial charge in [0.1, 0.15) is 0 Å². The Kier molecular flexibility index (Phi) is 9.26. The van der Waals surface area contributed by atoms with Crippen LogP contribution in [0.1, 0.15) is 50.7 Å². The van der Waals surface area contributed by atoms with Crippen molar-refractivity contribution in [3.05, 3.63) is 71.8 Å². The number of amides is 2. The predicted molar refractivity (Wildman–Crippen MR) is 114 cm³/mol. The van der Waals surface area contributed by atoms with Gasteiger partial charge in [0.15, 0.2) is 0 Å². The van der Waals surface area contributed by atoms with E-state index in [9.17, 15) is 9.59 Å². The summed E-state index contributed by atoms with van der Waals surface area (Å²) in [7, 11) is 0. The van der Waals surface area contributed by atoms with Gasteiger partial charge in [-0.1, -0.05) is 60.7 Å². The minimum Gasteiger partial charge on any atom is -0.354 e. The second-order valence-electron chi connectivity index (χ2n) is 7.49. The second-order valence-corrected chi connectivity index (χ2v) is 7.49. The van der Waals surface area contributed by atoms with Gasteiger partial charge < -0.3 is 10.6 Å². The average molecular weight is 381 g/mol. The number of carbonyl (C=O) groups is 2. The van der Waals surface area contributed by atoms with Crippen molar-refractivity contribution < 1.29 is 9.59 Å². The molecule has 2 aromatic rings. The molecule has 0 radical (unpaired) electrons. The first-order valence-corrected chi connectivity index (χ1v) is 10.2. The van der Waals surface area contributed by atoms with Gasteiger partial charge in [-0.2, -0.15) is 0 Å². The van der Waals surface area contributed by atoms with Crippen LogP contribution in [-0.2, 0) is 22.4 Å². The Hall–Kier alpha value is -2.62. The molecule has 0 saturated carbocycles. The van der Waals surface area contributed by atoms with Crippen molar-refractivity contribution in [3.63, 3.8) is 0 Å². The molecule has 2 aromatic carbocycles. The molecule has 4 nitrogen and oxygen atoms in total. The molecule has 0 fully saturated rings. The van der Waals surface area contributed by atoms with Crippen LogP contribution in [0.2, 0.25) is 0 Å². The van der Waals surface area contributed by atoms with Gasteiger partial charge in [-0.15, -0.1) is 0 Å². The molecule has 0 aliphatic carbocycles. The van der Waals surface area contributed by atoms with Gasteiger partial charge in [0, 0.05) is 24.9 Å². The smallest absolute Gasteiger partial charge is 0.220 e. The predicted octanol–water partition coefficient (Wildman–Crippen LogP) is 4.04. The Morgan fingerprint density at radius 1 is 0.679 bits per heavy atom. The maximum absolute atomic E-state index is 12.1. The SMILES string of the molecule is C[C@@H](CCc1ccccc1)NC(=O)CCC(=O)N[C@@H](C)CCc1ccccc1. The van der Waals surface area contributed by atoms with Crippen LogP contribution in [0.4, 0.5) is 0 Å². The van der Waals surface area contributed by atoms with Crippen molar-refractivity contribution in [1.29, 1.82) is 0 Å². The van der Waals surface area contributed by atoms with E-state index >= 15 is 0 Å². The molecule has 2 atom stereocenters. The summed E-state index contributed by atoms with van der Waals surface area (Å²) in [5, 5.41) is 5.97. The molecule has 28 heavy (non-hydrogen) atoms. The first-order chi connectivity index (χ1) is 13.5. The lowest BCUT2D eigenvalue weighted by Gasteiger charge is -2.15. The quantitative estimate of drug-likeness (QED) is 0.618. The molecule has 150 valence electrons. The van der Waals surface area contributed by atoms with Crippen LogP contribution >= 0.6 is 0 Å². The third-order valence-corrected chi connectivity index (χ3v) is 4.81. The van der Waals surface area contributed by atoms with Crippen LogP contribution in [0.5, 0.6) is 0 Å². The molecule has 0 aromatic heterocycles. The highest BCUT2D eigenvalue weighted by atomic mass is 16.2. The van der Waals surface area contributed by atoms with Gasteiger partial charge in [0.2, 0.25) is 11.8 Å². The molecule has 0 aliphatic heterocycles. The zero-order valence-corrected chi connectivity index (χ0v) is 17.0. The number of hydrogen-bond donors (Lipinski definition) is 2. The highest BCUT2D eigenvalue weighted by Gasteiger charge is 2.12. The van der Waals surface area contributed by atoms with Crippen LogP contribution in [0, 0.1) is 0 Å². The van der Waals surface area contributed by atoms with Gasteiger partial charge in [0.25, 0.3) is 0 Å². The van der Waals surface area contributed by atoms with E-state index in [0.717, 1.165) is 25.7 Å². The van der Waals surface area contributed by atoms with E-state index in [0.29, 0.717) is 0 Å². The Labute approximate surface area is 168 Å². The van der Waals surface area contributed by atoms with Gasteiger partial charge in [-0.05, 0) is 50.7 Å². The summed E-state index contributed by atoms with van der Waals surface area (Å²) >= 11 is 0. The molecule has 0 saturated heterocycles. The largest absolute Gasteiger partial charge is 0.354 e. The van der Waals surface area contributed by atoms with E-state index < -0.39 is 0 Å². The van der Waals surface area contributed by atoms with E-state index in [1.165, 1.54) is 11.1 Å². The number of rotatable bonds is 11. The highest BCUT2D eigenvalue weighted by molar-refractivity contribution is 5.83. The Bertz CT molecular complexity index is 652. The summed E-state index contributed by atoms with van der Waals surface area (Å²) in [5.41, 5.74) is 2.54. The third kappa shape index (κ3) is 8.85. The average Bonchev–Trinajstić information content (AvgIpc) is 2.71. The number of benzene rings is 2. The zero-order chi connectivity index (χ0) is 20.2. The monoisotopic (exact) mass is 380 g/mol. The van der Waals surface area contributed by atoms with E-state index in [4.69, 9.17) is 0 Å². The highest BCUT2D eigenvalue weighted by Crippen LogP contribution is 2.06. The number of hydrogen-bond acceptors (Lipinski definition) is 2. The van der Waals surface area contributed by atoms with E-state index in [1.807, 2.05) is 50.2 Å². The summed E-state index contributed by atoms with van der Waals surface area (Å²) < 4.78 is 0. The first kappa shape index (κ1) is 21.7. The van der Waals surface area contributed by atoms with Crippen molar-refractivity contribution in [1.82, 2.24) is 10.6 Å². The van der Waals surface area contributed by atoms with Crippen molar-refractivity contribution in [2.45, 2.75) is 64.5 Å². The number of aryl methyl sites for hydroxylation is 2. The molecule has 0 bridgehead atoms. The van der Waals surface area contributed by atoms with Gasteiger partial charge in [0.05, 0.1) is 0 Å². The van der Waals surface area contributed by atoms with Gasteiger partial charge in [-0.25, -0.2) is 0 Å². The normalized spacial score (nSPS) is 12.8. The molecule has 0 spiro atoms. The maximum Gasteiger partial charge on any atom is 0.220 e. The van der Waals surface area contributed by atoms with Crippen LogP contribution in [0.3, 0.4) is 0 Å².